The van der Waals surface area contributed by atoms with Gasteiger partial charge in [0.2, 0.25) is 0 Å². The molecule has 5 N–H and O–H groups in total. The lowest BCUT2D eigenvalue weighted by Crippen LogP contribution is -2.36. The van der Waals surface area contributed by atoms with Gasteiger partial charge in [-0.3, -0.25) is 5.10 Å². The zero-order valence-electron chi connectivity index (χ0n) is 16.5. The third kappa shape index (κ3) is 2.39. The van der Waals surface area contributed by atoms with E-state index in [1.807, 2.05) is 6.07 Å². The van der Waals surface area contributed by atoms with Crippen LogP contribution in [0, 0.1) is 29.0 Å². The Hall–Kier alpha value is -3.15. The number of hydrogen-bond donors (Lipinski definition) is 4. The minimum absolute atomic E-state index is 0.0605. The van der Waals surface area contributed by atoms with Crippen molar-refractivity contribution < 1.29 is 4.39 Å². The Morgan fingerprint density at radius 1 is 1.13 bits per heavy atom. The monoisotopic (exact) mass is 401 g/mol. The van der Waals surface area contributed by atoms with Crippen LogP contribution >= 0.6 is 0 Å². The van der Waals surface area contributed by atoms with Gasteiger partial charge in [0.05, 0.1) is 17.4 Å². The van der Waals surface area contributed by atoms with Crippen LogP contribution in [0.2, 0.25) is 0 Å². The highest BCUT2D eigenvalue weighted by Crippen LogP contribution is 2.64. The summed E-state index contributed by atoms with van der Waals surface area (Å²) in [4.78, 5) is 0. The normalized spacial score (nSPS) is 28.6. The lowest BCUT2D eigenvalue weighted by Gasteiger charge is -2.44. The molecule has 1 aromatic heterocycles. The molecule has 0 saturated heterocycles. The molecule has 2 aliphatic carbocycles. The zero-order chi connectivity index (χ0) is 20.4. The molecule has 6 rings (SSSR count). The molecule has 2 saturated carbocycles. The number of nitrogens with one attached hydrogen (secondary N) is 3. The van der Waals surface area contributed by atoms with Crippen molar-refractivity contribution in [1.82, 2.24) is 10.2 Å². The Bertz CT molecular complexity index is 1120. The first-order valence-electron chi connectivity index (χ1n) is 10.6. The molecule has 1 aliphatic heterocycles. The van der Waals surface area contributed by atoms with Crippen LogP contribution in [0.3, 0.4) is 0 Å². The Labute approximate surface area is 174 Å². The van der Waals surface area contributed by atoms with Gasteiger partial charge in [0.1, 0.15) is 5.82 Å². The second kappa shape index (κ2) is 6.42. The SMILES string of the molecule is N=Cc1c(N)cc(F)c2c1C1C3CCC(C3)C1C(c1ccc(-c3ccn[nH]3)cc1)N2. The number of aromatic amines is 1. The minimum atomic E-state index is -0.312. The third-order valence-corrected chi connectivity index (χ3v) is 7.62. The number of anilines is 2. The molecule has 3 aromatic rings. The van der Waals surface area contributed by atoms with Crippen molar-refractivity contribution in [3.63, 3.8) is 0 Å². The minimum Gasteiger partial charge on any atom is -0.398 e. The summed E-state index contributed by atoms with van der Waals surface area (Å²) >= 11 is 0. The highest BCUT2D eigenvalue weighted by Gasteiger charge is 2.55. The molecule has 2 fully saturated rings. The Kier molecular flexibility index (Phi) is 3.79. The molecule has 0 spiro atoms. The molecule has 3 aliphatic rings. The van der Waals surface area contributed by atoms with Crippen LogP contribution in [0.1, 0.15) is 47.9 Å². The maximum Gasteiger partial charge on any atom is 0.148 e. The van der Waals surface area contributed by atoms with Crippen LogP contribution in [0.15, 0.2) is 42.6 Å². The van der Waals surface area contributed by atoms with E-state index < -0.39 is 0 Å². The molecule has 2 bridgehead atoms. The molecule has 152 valence electrons. The van der Waals surface area contributed by atoms with E-state index in [1.165, 1.54) is 37.1 Å². The number of nitrogen functional groups attached to an aromatic ring is 1. The zero-order valence-corrected chi connectivity index (χ0v) is 16.5. The quantitative estimate of drug-likeness (QED) is 0.364. The summed E-state index contributed by atoms with van der Waals surface area (Å²) in [6.07, 6.45) is 6.66. The van der Waals surface area contributed by atoms with Crippen molar-refractivity contribution in [2.75, 3.05) is 11.1 Å². The number of nitrogens with zero attached hydrogens (tertiary/aromatic N) is 1. The van der Waals surface area contributed by atoms with Crippen LogP contribution in [0.5, 0.6) is 0 Å². The molecule has 5 nitrogen and oxygen atoms in total. The van der Waals surface area contributed by atoms with Gasteiger partial charge in [0.25, 0.3) is 0 Å². The van der Waals surface area contributed by atoms with E-state index in [0.29, 0.717) is 34.7 Å². The van der Waals surface area contributed by atoms with Crippen LogP contribution in [-0.2, 0) is 0 Å². The van der Waals surface area contributed by atoms with Gasteiger partial charge in [-0.2, -0.15) is 5.10 Å². The first-order chi connectivity index (χ1) is 14.7. The second-order valence-corrected chi connectivity index (χ2v) is 8.94. The number of hydrogen-bond acceptors (Lipinski definition) is 4. The first-order valence-corrected chi connectivity index (χ1v) is 10.6. The van der Waals surface area contributed by atoms with Crippen molar-refractivity contribution in [1.29, 1.82) is 5.41 Å². The van der Waals surface area contributed by atoms with Gasteiger partial charge >= 0.3 is 0 Å². The van der Waals surface area contributed by atoms with Gasteiger partial charge in [0.15, 0.2) is 0 Å². The van der Waals surface area contributed by atoms with E-state index in [2.05, 4.69) is 39.8 Å². The van der Waals surface area contributed by atoms with E-state index in [9.17, 15) is 0 Å². The van der Waals surface area contributed by atoms with E-state index in [-0.39, 0.29) is 17.8 Å². The summed E-state index contributed by atoms with van der Waals surface area (Å²) in [5.41, 5.74) is 11.9. The molecule has 5 atom stereocenters. The number of aromatic nitrogens is 2. The van der Waals surface area contributed by atoms with Gasteiger partial charge in [-0.1, -0.05) is 24.3 Å². The van der Waals surface area contributed by atoms with Crippen LogP contribution in [0.25, 0.3) is 11.3 Å². The molecule has 5 unspecified atom stereocenters. The highest BCUT2D eigenvalue weighted by atomic mass is 19.1. The van der Waals surface area contributed by atoms with Gasteiger partial charge in [-0.15, -0.1) is 0 Å². The fraction of sp³-hybridized carbons (Fsp3) is 0.333. The molecule has 0 amide bonds. The number of nitrogens with two attached hydrogens (primary N) is 1. The lowest BCUT2D eigenvalue weighted by molar-refractivity contribution is 0.246. The van der Waals surface area contributed by atoms with Crippen LogP contribution < -0.4 is 11.1 Å². The van der Waals surface area contributed by atoms with Crippen molar-refractivity contribution in [2.24, 2.45) is 17.8 Å². The van der Waals surface area contributed by atoms with Crippen LogP contribution in [0.4, 0.5) is 15.8 Å². The largest absolute Gasteiger partial charge is 0.398 e. The standard InChI is InChI=1S/C24H24FN5/c25-17-10-18(27)16(11-26)22-20-14-5-6-15(9-14)21(20)23(29-24(17)22)13-3-1-12(2-4-13)19-7-8-28-30-19/h1-4,7-8,10-11,14-15,20-21,23,26,29H,5-6,9,27H2,(H,28,30). The summed E-state index contributed by atoms with van der Waals surface area (Å²) in [6, 6.07) is 11.9. The second-order valence-electron chi connectivity index (χ2n) is 8.94. The molecule has 0 radical (unpaired) electrons. The molecule has 6 heteroatoms. The fourth-order valence-corrected chi connectivity index (χ4v) is 6.45. The van der Waals surface area contributed by atoms with Gasteiger partial charge < -0.3 is 16.5 Å². The van der Waals surface area contributed by atoms with Crippen molar-refractivity contribution in [2.45, 2.75) is 31.2 Å². The first kappa shape index (κ1) is 17.7. The maximum absolute atomic E-state index is 15.1. The highest BCUT2D eigenvalue weighted by molar-refractivity contribution is 5.91. The molecule has 2 heterocycles. The van der Waals surface area contributed by atoms with Gasteiger partial charge in [-0.25, -0.2) is 4.39 Å². The number of halogens is 1. The predicted octanol–water partition coefficient (Wildman–Crippen LogP) is 5.09. The summed E-state index contributed by atoms with van der Waals surface area (Å²) in [7, 11) is 0. The molecular weight excluding hydrogens is 377 g/mol. The lowest BCUT2D eigenvalue weighted by atomic mass is 9.67. The van der Waals surface area contributed by atoms with Crippen molar-refractivity contribution >= 4 is 17.6 Å². The van der Waals surface area contributed by atoms with Crippen LogP contribution in [-0.4, -0.2) is 16.4 Å². The van der Waals surface area contributed by atoms with E-state index >= 15 is 4.39 Å². The number of fused-ring (bicyclic) bond motifs is 7. The average molecular weight is 401 g/mol. The van der Waals surface area contributed by atoms with E-state index in [0.717, 1.165) is 16.8 Å². The molecule has 2 aromatic carbocycles. The van der Waals surface area contributed by atoms with E-state index in [1.54, 1.807) is 6.20 Å². The predicted molar refractivity (Wildman–Crippen MR) is 116 cm³/mol. The summed E-state index contributed by atoms with van der Waals surface area (Å²) in [5, 5.41) is 18.5. The molecular formula is C24H24FN5. The topological polar surface area (TPSA) is 90.6 Å². The third-order valence-electron chi connectivity index (χ3n) is 7.62. The summed E-state index contributed by atoms with van der Waals surface area (Å²) in [5.74, 6) is 1.52. The Morgan fingerprint density at radius 3 is 2.67 bits per heavy atom. The summed E-state index contributed by atoms with van der Waals surface area (Å²) in [6.45, 7) is 0. The Balaban J connectivity index is 1.47. The van der Waals surface area contributed by atoms with Crippen molar-refractivity contribution in [3.05, 3.63) is 65.1 Å². The fourth-order valence-electron chi connectivity index (χ4n) is 6.45. The number of H-pyrrole nitrogens is 1. The summed E-state index contributed by atoms with van der Waals surface area (Å²) < 4.78 is 15.1. The maximum atomic E-state index is 15.1. The van der Waals surface area contributed by atoms with E-state index in [4.69, 9.17) is 11.1 Å². The van der Waals surface area contributed by atoms with Gasteiger partial charge in [-0.05, 0) is 71.8 Å². The average Bonchev–Trinajstić information content (AvgIpc) is 3.52. The number of benzene rings is 2. The smallest absolute Gasteiger partial charge is 0.148 e. The van der Waals surface area contributed by atoms with Crippen molar-refractivity contribution in [3.8, 4) is 11.3 Å². The number of rotatable bonds is 3. The molecule has 30 heavy (non-hydrogen) atoms. The van der Waals surface area contributed by atoms with Gasteiger partial charge in [0, 0.05) is 23.7 Å². The Morgan fingerprint density at radius 2 is 1.93 bits per heavy atom.